The number of hydrogen-bond donors (Lipinski definition) is 0. The summed E-state index contributed by atoms with van der Waals surface area (Å²) in [5.74, 6) is 0.865. The minimum absolute atomic E-state index is 0.174. The van der Waals surface area contributed by atoms with Crippen molar-refractivity contribution in [2.45, 2.75) is 40.7 Å². The summed E-state index contributed by atoms with van der Waals surface area (Å²) in [6, 6.07) is 6.17. The SMILES string of the molecule is Cc1cc(C#N)cc(N(C)C(C)C(C)(C)C)n1. The van der Waals surface area contributed by atoms with E-state index in [9.17, 15) is 0 Å². The molecule has 1 aromatic heterocycles. The van der Waals surface area contributed by atoms with E-state index in [4.69, 9.17) is 5.26 Å². The van der Waals surface area contributed by atoms with Gasteiger partial charge in [0.15, 0.2) is 0 Å². The number of anilines is 1. The minimum Gasteiger partial charge on any atom is -0.356 e. The summed E-state index contributed by atoms with van der Waals surface area (Å²) < 4.78 is 0. The van der Waals surface area contributed by atoms with Crippen molar-refractivity contribution in [2.24, 2.45) is 5.41 Å². The first-order valence-electron chi connectivity index (χ1n) is 5.87. The molecule has 17 heavy (non-hydrogen) atoms. The standard InChI is InChI=1S/C14H21N3/c1-10-7-12(9-15)8-13(16-10)17(6)11(2)14(3,4)5/h7-8,11H,1-6H3. The normalized spacial score (nSPS) is 13.0. The number of nitriles is 1. The van der Waals surface area contributed by atoms with Crippen molar-refractivity contribution in [3.8, 4) is 6.07 Å². The lowest BCUT2D eigenvalue weighted by Crippen LogP contribution is -2.39. The molecule has 1 atom stereocenters. The Bertz CT molecular complexity index is 438. The van der Waals surface area contributed by atoms with Crippen LogP contribution >= 0.6 is 0 Å². The Morgan fingerprint density at radius 2 is 1.94 bits per heavy atom. The van der Waals surface area contributed by atoms with Gasteiger partial charge < -0.3 is 4.90 Å². The van der Waals surface area contributed by atoms with Crippen LogP contribution in [-0.4, -0.2) is 18.1 Å². The molecule has 92 valence electrons. The van der Waals surface area contributed by atoms with Crippen molar-refractivity contribution in [3.05, 3.63) is 23.4 Å². The average molecular weight is 231 g/mol. The highest BCUT2D eigenvalue weighted by Gasteiger charge is 2.24. The number of aromatic nitrogens is 1. The van der Waals surface area contributed by atoms with Gasteiger partial charge in [0, 0.05) is 18.8 Å². The first kappa shape index (κ1) is 13.5. The van der Waals surface area contributed by atoms with Crippen molar-refractivity contribution in [1.29, 1.82) is 5.26 Å². The second kappa shape index (κ2) is 4.75. The van der Waals surface area contributed by atoms with Crippen LogP contribution in [0.25, 0.3) is 0 Å². The second-order valence-electron chi connectivity index (χ2n) is 5.62. The fourth-order valence-corrected chi connectivity index (χ4v) is 1.68. The van der Waals surface area contributed by atoms with E-state index in [-0.39, 0.29) is 5.41 Å². The Morgan fingerprint density at radius 1 is 1.35 bits per heavy atom. The molecule has 0 amide bonds. The molecule has 0 N–H and O–H groups in total. The minimum atomic E-state index is 0.174. The lowest BCUT2D eigenvalue weighted by molar-refractivity contribution is 0.328. The van der Waals surface area contributed by atoms with Gasteiger partial charge in [0.25, 0.3) is 0 Å². The van der Waals surface area contributed by atoms with Gasteiger partial charge in [0.1, 0.15) is 5.82 Å². The number of nitrogens with zero attached hydrogens (tertiary/aromatic N) is 3. The topological polar surface area (TPSA) is 39.9 Å². The smallest absolute Gasteiger partial charge is 0.130 e. The van der Waals surface area contributed by atoms with Crippen LogP contribution < -0.4 is 4.90 Å². The first-order valence-corrected chi connectivity index (χ1v) is 5.87. The highest BCUT2D eigenvalue weighted by atomic mass is 15.2. The van der Waals surface area contributed by atoms with Crippen LogP contribution in [-0.2, 0) is 0 Å². The molecule has 1 unspecified atom stereocenters. The van der Waals surface area contributed by atoms with Crippen LogP contribution in [0.4, 0.5) is 5.82 Å². The average Bonchev–Trinajstić information content (AvgIpc) is 2.24. The third-order valence-electron chi connectivity index (χ3n) is 3.26. The first-order chi connectivity index (χ1) is 7.75. The van der Waals surface area contributed by atoms with E-state index in [0.29, 0.717) is 11.6 Å². The Morgan fingerprint density at radius 3 is 2.41 bits per heavy atom. The molecule has 0 radical (unpaired) electrons. The summed E-state index contributed by atoms with van der Waals surface area (Å²) in [5.41, 5.74) is 1.72. The molecule has 1 heterocycles. The fourth-order valence-electron chi connectivity index (χ4n) is 1.68. The quantitative estimate of drug-likeness (QED) is 0.785. The summed E-state index contributed by atoms with van der Waals surface area (Å²) in [5, 5.41) is 8.97. The Labute approximate surface area is 104 Å². The Hall–Kier alpha value is -1.56. The van der Waals surface area contributed by atoms with E-state index in [0.717, 1.165) is 11.5 Å². The van der Waals surface area contributed by atoms with Gasteiger partial charge in [0.2, 0.25) is 0 Å². The molecular weight excluding hydrogens is 210 g/mol. The molecule has 1 rings (SSSR count). The molecule has 0 aliphatic rings. The van der Waals surface area contributed by atoms with E-state index < -0.39 is 0 Å². The van der Waals surface area contributed by atoms with Crippen LogP contribution in [0.15, 0.2) is 12.1 Å². The van der Waals surface area contributed by atoms with Gasteiger partial charge in [-0.15, -0.1) is 0 Å². The van der Waals surface area contributed by atoms with Crippen molar-refractivity contribution < 1.29 is 0 Å². The van der Waals surface area contributed by atoms with Crippen molar-refractivity contribution in [3.63, 3.8) is 0 Å². The zero-order valence-electron chi connectivity index (χ0n) is 11.6. The fraction of sp³-hybridized carbons (Fsp3) is 0.571. The maximum atomic E-state index is 8.97. The van der Waals surface area contributed by atoms with Gasteiger partial charge in [-0.05, 0) is 31.4 Å². The number of rotatable bonds is 2. The lowest BCUT2D eigenvalue weighted by Gasteiger charge is -2.36. The van der Waals surface area contributed by atoms with Crippen LogP contribution in [0.5, 0.6) is 0 Å². The lowest BCUT2D eigenvalue weighted by atomic mass is 9.87. The second-order valence-corrected chi connectivity index (χ2v) is 5.62. The van der Waals surface area contributed by atoms with E-state index >= 15 is 0 Å². The van der Waals surface area contributed by atoms with E-state index in [1.54, 1.807) is 6.07 Å². The summed E-state index contributed by atoms with van der Waals surface area (Å²) in [6.45, 7) is 10.7. The van der Waals surface area contributed by atoms with Gasteiger partial charge in [-0.3, -0.25) is 0 Å². The van der Waals surface area contributed by atoms with E-state index in [2.05, 4.69) is 43.6 Å². The molecule has 3 nitrogen and oxygen atoms in total. The number of pyridine rings is 1. The molecule has 0 bridgehead atoms. The van der Waals surface area contributed by atoms with Crippen molar-refractivity contribution >= 4 is 5.82 Å². The van der Waals surface area contributed by atoms with E-state index in [1.165, 1.54) is 0 Å². The third-order valence-corrected chi connectivity index (χ3v) is 3.26. The number of hydrogen-bond acceptors (Lipinski definition) is 3. The molecule has 0 aromatic carbocycles. The zero-order valence-corrected chi connectivity index (χ0v) is 11.6. The predicted octanol–water partition coefficient (Wildman–Crippen LogP) is 3.13. The van der Waals surface area contributed by atoms with Gasteiger partial charge in [-0.25, -0.2) is 4.98 Å². The molecule has 0 spiro atoms. The molecule has 0 aliphatic heterocycles. The Kier molecular flexibility index (Phi) is 3.77. The number of aryl methyl sites for hydroxylation is 1. The Balaban J connectivity index is 3.09. The molecule has 0 fully saturated rings. The highest BCUT2D eigenvalue weighted by molar-refractivity contribution is 5.46. The van der Waals surface area contributed by atoms with Crippen molar-refractivity contribution in [2.75, 3.05) is 11.9 Å². The summed E-state index contributed by atoms with van der Waals surface area (Å²) >= 11 is 0. The van der Waals surface area contributed by atoms with E-state index in [1.807, 2.05) is 20.0 Å². The van der Waals surface area contributed by atoms with Gasteiger partial charge in [-0.1, -0.05) is 20.8 Å². The van der Waals surface area contributed by atoms with Gasteiger partial charge >= 0.3 is 0 Å². The van der Waals surface area contributed by atoms with Crippen molar-refractivity contribution in [1.82, 2.24) is 4.98 Å². The van der Waals surface area contributed by atoms with Gasteiger partial charge in [0.05, 0.1) is 11.6 Å². The van der Waals surface area contributed by atoms with Crippen LogP contribution in [0.3, 0.4) is 0 Å². The predicted molar refractivity (Wildman–Crippen MR) is 71.0 cm³/mol. The molecule has 0 aliphatic carbocycles. The molecule has 0 saturated carbocycles. The van der Waals surface area contributed by atoms with Crippen LogP contribution in [0.2, 0.25) is 0 Å². The van der Waals surface area contributed by atoms with Crippen LogP contribution in [0.1, 0.15) is 39.0 Å². The third kappa shape index (κ3) is 3.20. The molecular formula is C14H21N3. The molecule has 0 saturated heterocycles. The molecule has 3 heteroatoms. The van der Waals surface area contributed by atoms with Crippen LogP contribution in [0, 0.1) is 23.7 Å². The monoisotopic (exact) mass is 231 g/mol. The van der Waals surface area contributed by atoms with Gasteiger partial charge in [-0.2, -0.15) is 5.26 Å². The summed E-state index contributed by atoms with van der Waals surface area (Å²) in [6.07, 6.45) is 0. The zero-order chi connectivity index (χ0) is 13.2. The summed E-state index contributed by atoms with van der Waals surface area (Å²) in [7, 11) is 2.03. The highest BCUT2D eigenvalue weighted by Crippen LogP contribution is 2.26. The maximum Gasteiger partial charge on any atom is 0.130 e. The maximum absolute atomic E-state index is 8.97. The summed E-state index contributed by atoms with van der Waals surface area (Å²) in [4.78, 5) is 6.62. The largest absolute Gasteiger partial charge is 0.356 e. The molecule has 1 aromatic rings.